The van der Waals surface area contributed by atoms with Gasteiger partial charge in [0.05, 0.1) is 11.5 Å². The smallest absolute Gasteiger partial charge is 0.222 e. The molecule has 1 unspecified atom stereocenters. The summed E-state index contributed by atoms with van der Waals surface area (Å²) in [6, 6.07) is 9.60. The molecule has 0 aromatic heterocycles. The molecule has 0 aliphatic carbocycles. The first-order valence-electron chi connectivity index (χ1n) is 10.1. The number of benzene rings is 1. The molecular formula is C20H30N4O4S. The summed E-state index contributed by atoms with van der Waals surface area (Å²) in [5, 5.41) is 6.04. The fourth-order valence-electron chi connectivity index (χ4n) is 3.71. The highest BCUT2D eigenvalue weighted by Crippen LogP contribution is 2.18. The van der Waals surface area contributed by atoms with E-state index in [9.17, 15) is 13.2 Å². The number of guanidine groups is 1. The molecule has 9 heteroatoms. The molecule has 29 heavy (non-hydrogen) atoms. The summed E-state index contributed by atoms with van der Waals surface area (Å²) in [4.78, 5) is 18.5. The Labute approximate surface area is 172 Å². The lowest BCUT2D eigenvalue weighted by molar-refractivity contribution is -0.121. The van der Waals surface area contributed by atoms with E-state index in [0.717, 1.165) is 37.6 Å². The van der Waals surface area contributed by atoms with Crippen LogP contribution in [0, 0.1) is 0 Å². The maximum atomic E-state index is 12.1. The molecular weight excluding hydrogens is 392 g/mol. The highest BCUT2D eigenvalue weighted by molar-refractivity contribution is 7.91. The number of carbonyl (C=O) groups excluding carboxylic acids is 1. The molecule has 0 radical (unpaired) electrons. The second kappa shape index (κ2) is 9.96. The van der Waals surface area contributed by atoms with Crippen LogP contribution in [0.4, 0.5) is 0 Å². The van der Waals surface area contributed by atoms with Gasteiger partial charge in [0.2, 0.25) is 5.91 Å². The standard InChI is InChI=1S/C20H30N4O4S/c1-21-20(22-11-7-19(25)23-16-10-14-29(26,27)15-16)24-12-8-18(9-13-24)28-17-5-3-2-4-6-17/h2-6,16,18H,7-15H2,1H3,(H,21,22)(H,23,25). The summed E-state index contributed by atoms with van der Waals surface area (Å²) in [5.74, 6) is 1.75. The lowest BCUT2D eigenvalue weighted by Gasteiger charge is -2.34. The van der Waals surface area contributed by atoms with Crippen molar-refractivity contribution >= 4 is 21.7 Å². The summed E-state index contributed by atoms with van der Waals surface area (Å²) in [6.45, 7) is 2.13. The van der Waals surface area contributed by atoms with Crippen molar-refractivity contribution in [3.63, 3.8) is 0 Å². The molecule has 1 aromatic carbocycles. The Balaban J connectivity index is 1.36. The number of aliphatic imine (C=N–C) groups is 1. The van der Waals surface area contributed by atoms with Gasteiger partial charge in [0.25, 0.3) is 0 Å². The van der Waals surface area contributed by atoms with E-state index < -0.39 is 9.84 Å². The number of amides is 1. The lowest BCUT2D eigenvalue weighted by atomic mass is 10.1. The zero-order valence-electron chi connectivity index (χ0n) is 16.8. The molecule has 2 saturated heterocycles. The van der Waals surface area contributed by atoms with Gasteiger partial charge in [-0.2, -0.15) is 0 Å². The van der Waals surface area contributed by atoms with Crippen LogP contribution in [0.5, 0.6) is 5.75 Å². The molecule has 2 fully saturated rings. The third-order valence-corrected chi connectivity index (χ3v) is 7.00. The van der Waals surface area contributed by atoms with Crippen LogP contribution in [-0.2, 0) is 14.6 Å². The minimum atomic E-state index is -2.98. The van der Waals surface area contributed by atoms with Gasteiger partial charge in [-0.1, -0.05) is 18.2 Å². The van der Waals surface area contributed by atoms with Gasteiger partial charge in [0.1, 0.15) is 11.9 Å². The summed E-state index contributed by atoms with van der Waals surface area (Å²) >= 11 is 0. The number of piperidine rings is 1. The predicted octanol–water partition coefficient (Wildman–Crippen LogP) is 0.799. The Morgan fingerprint density at radius 3 is 2.55 bits per heavy atom. The largest absolute Gasteiger partial charge is 0.490 e. The third-order valence-electron chi connectivity index (χ3n) is 5.23. The summed E-state index contributed by atoms with van der Waals surface area (Å²) in [7, 11) is -1.25. The molecule has 2 N–H and O–H groups in total. The zero-order chi connectivity index (χ0) is 20.7. The number of nitrogens with zero attached hydrogens (tertiary/aromatic N) is 2. The van der Waals surface area contributed by atoms with Gasteiger partial charge < -0.3 is 20.3 Å². The normalized spacial score (nSPS) is 22.3. The molecule has 2 heterocycles. The first-order valence-corrected chi connectivity index (χ1v) is 11.9. The SMILES string of the molecule is CN=C(NCCC(=O)NC1CCS(=O)(=O)C1)N1CCC(Oc2ccccc2)CC1. The fraction of sp³-hybridized carbons (Fsp3) is 0.600. The Bertz CT molecular complexity index is 805. The van der Waals surface area contributed by atoms with Gasteiger partial charge >= 0.3 is 0 Å². The van der Waals surface area contributed by atoms with Gasteiger partial charge in [-0.25, -0.2) is 8.42 Å². The quantitative estimate of drug-likeness (QED) is 0.520. The maximum absolute atomic E-state index is 12.1. The number of likely N-dealkylation sites (tertiary alicyclic amines) is 1. The van der Waals surface area contributed by atoms with Crippen molar-refractivity contribution in [3.05, 3.63) is 30.3 Å². The Hall–Kier alpha value is -2.29. The highest BCUT2D eigenvalue weighted by atomic mass is 32.2. The number of hydrogen-bond donors (Lipinski definition) is 2. The van der Waals surface area contributed by atoms with Crippen LogP contribution in [0.3, 0.4) is 0 Å². The zero-order valence-corrected chi connectivity index (χ0v) is 17.7. The number of rotatable bonds is 6. The van der Waals surface area contributed by atoms with Crippen molar-refractivity contribution in [3.8, 4) is 5.75 Å². The average molecular weight is 423 g/mol. The van der Waals surface area contributed by atoms with E-state index in [-0.39, 0.29) is 36.0 Å². The summed E-state index contributed by atoms with van der Waals surface area (Å²) in [5.41, 5.74) is 0. The number of ether oxygens (including phenoxy) is 1. The van der Waals surface area contributed by atoms with Crippen molar-refractivity contribution in [2.24, 2.45) is 4.99 Å². The van der Waals surface area contributed by atoms with Gasteiger partial charge in [0.15, 0.2) is 15.8 Å². The molecule has 1 amide bonds. The Morgan fingerprint density at radius 2 is 1.93 bits per heavy atom. The van der Waals surface area contributed by atoms with Crippen LogP contribution in [0.15, 0.2) is 35.3 Å². The molecule has 2 aliphatic heterocycles. The average Bonchev–Trinajstić information content (AvgIpc) is 3.05. The monoisotopic (exact) mass is 422 g/mol. The predicted molar refractivity (Wildman–Crippen MR) is 113 cm³/mol. The minimum Gasteiger partial charge on any atom is -0.490 e. The molecule has 0 saturated carbocycles. The van der Waals surface area contributed by atoms with E-state index in [0.29, 0.717) is 13.0 Å². The molecule has 1 aromatic rings. The van der Waals surface area contributed by atoms with E-state index in [1.807, 2.05) is 30.3 Å². The molecule has 1 atom stereocenters. The molecule has 160 valence electrons. The molecule has 0 bridgehead atoms. The first kappa shape index (κ1) is 21.4. The van der Waals surface area contributed by atoms with Crippen LogP contribution in [-0.4, -0.2) is 75.5 Å². The van der Waals surface area contributed by atoms with Crippen LogP contribution < -0.4 is 15.4 Å². The first-order chi connectivity index (χ1) is 13.9. The molecule has 2 aliphatic rings. The molecule has 3 rings (SSSR count). The topological polar surface area (TPSA) is 100 Å². The number of carbonyl (C=O) groups is 1. The van der Waals surface area contributed by atoms with Gasteiger partial charge in [0, 0.05) is 52.0 Å². The van der Waals surface area contributed by atoms with E-state index in [2.05, 4.69) is 20.5 Å². The van der Waals surface area contributed by atoms with E-state index in [4.69, 9.17) is 4.74 Å². The van der Waals surface area contributed by atoms with E-state index >= 15 is 0 Å². The lowest BCUT2D eigenvalue weighted by Crippen LogP contribution is -2.48. The maximum Gasteiger partial charge on any atom is 0.222 e. The number of sulfone groups is 1. The van der Waals surface area contributed by atoms with Crippen LogP contribution in [0.25, 0.3) is 0 Å². The van der Waals surface area contributed by atoms with Crippen LogP contribution in [0.1, 0.15) is 25.7 Å². The molecule has 0 spiro atoms. The number of para-hydroxylation sites is 1. The highest BCUT2D eigenvalue weighted by Gasteiger charge is 2.28. The fourth-order valence-corrected chi connectivity index (χ4v) is 5.38. The molecule has 8 nitrogen and oxygen atoms in total. The van der Waals surface area contributed by atoms with Crippen molar-refractivity contribution in [1.82, 2.24) is 15.5 Å². The van der Waals surface area contributed by atoms with Crippen molar-refractivity contribution in [2.75, 3.05) is 38.2 Å². The number of hydrogen-bond acceptors (Lipinski definition) is 5. The number of nitrogens with one attached hydrogen (secondary N) is 2. The Kier molecular flexibility index (Phi) is 7.35. The van der Waals surface area contributed by atoms with Crippen molar-refractivity contribution in [2.45, 2.75) is 37.8 Å². The second-order valence-electron chi connectivity index (χ2n) is 7.51. The second-order valence-corrected chi connectivity index (χ2v) is 9.74. The van der Waals surface area contributed by atoms with Gasteiger partial charge in [-0.05, 0) is 18.6 Å². The van der Waals surface area contributed by atoms with Crippen molar-refractivity contribution in [1.29, 1.82) is 0 Å². The van der Waals surface area contributed by atoms with E-state index in [1.54, 1.807) is 7.05 Å². The Morgan fingerprint density at radius 1 is 1.21 bits per heavy atom. The minimum absolute atomic E-state index is 0.0494. The van der Waals surface area contributed by atoms with Crippen molar-refractivity contribution < 1.29 is 17.9 Å². The van der Waals surface area contributed by atoms with Gasteiger partial charge in [-0.15, -0.1) is 0 Å². The third kappa shape index (κ3) is 6.62. The van der Waals surface area contributed by atoms with Crippen LogP contribution >= 0.6 is 0 Å². The summed E-state index contributed by atoms with van der Waals surface area (Å²) < 4.78 is 29.0. The van der Waals surface area contributed by atoms with Crippen LogP contribution in [0.2, 0.25) is 0 Å². The van der Waals surface area contributed by atoms with E-state index in [1.165, 1.54) is 0 Å². The summed E-state index contributed by atoms with van der Waals surface area (Å²) in [6.07, 6.45) is 2.80. The van der Waals surface area contributed by atoms with Gasteiger partial charge in [-0.3, -0.25) is 9.79 Å².